The van der Waals surface area contributed by atoms with Gasteiger partial charge in [0, 0.05) is 13.1 Å². The summed E-state index contributed by atoms with van der Waals surface area (Å²) in [6, 6.07) is 2.31. The van der Waals surface area contributed by atoms with E-state index in [4.69, 9.17) is 0 Å². The van der Waals surface area contributed by atoms with Gasteiger partial charge in [-0.15, -0.1) is 0 Å². The number of hydrogen-bond donors (Lipinski definition) is 3. The van der Waals surface area contributed by atoms with Gasteiger partial charge in [0.2, 0.25) is 5.91 Å². The van der Waals surface area contributed by atoms with Crippen LogP contribution < -0.4 is 10.6 Å². The standard InChI is InChI=1S/C14H19FN2O3/c1-14(2,3)11(13(20)16-4)17-12(19)9-6-5-8(15)7-10(9)18/h5-7,11,18H,1-4H3,(H,16,20)(H,17,19)/t11-/m1/s1. The van der Waals surface area contributed by atoms with Crippen molar-refractivity contribution in [2.45, 2.75) is 26.8 Å². The zero-order valence-corrected chi connectivity index (χ0v) is 12.0. The van der Waals surface area contributed by atoms with Gasteiger partial charge in [0.05, 0.1) is 5.56 Å². The van der Waals surface area contributed by atoms with E-state index in [9.17, 15) is 19.1 Å². The number of phenols is 1. The lowest BCUT2D eigenvalue weighted by Crippen LogP contribution is -2.52. The zero-order chi connectivity index (χ0) is 15.5. The van der Waals surface area contributed by atoms with Crippen molar-refractivity contribution in [2.75, 3.05) is 7.05 Å². The number of nitrogens with one attached hydrogen (secondary N) is 2. The first-order valence-electron chi connectivity index (χ1n) is 6.17. The van der Waals surface area contributed by atoms with Gasteiger partial charge in [-0.3, -0.25) is 9.59 Å². The van der Waals surface area contributed by atoms with Crippen LogP contribution in [0.3, 0.4) is 0 Å². The van der Waals surface area contributed by atoms with Crippen molar-refractivity contribution >= 4 is 11.8 Å². The van der Waals surface area contributed by atoms with Gasteiger partial charge in [0.1, 0.15) is 17.6 Å². The lowest BCUT2D eigenvalue weighted by molar-refractivity contribution is -0.124. The van der Waals surface area contributed by atoms with Crippen LogP contribution in [0.15, 0.2) is 18.2 Å². The Kier molecular flexibility index (Phi) is 4.70. The summed E-state index contributed by atoms with van der Waals surface area (Å²) < 4.78 is 12.9. The molecule has 20 heavy (non-hydrogen) atoms. The first-order chi connectivity index (χ1) is 9.16. The van der Waals surface area contributed by atoms with Crippen LogP contribution in [0.25, 0.3) is 0 Å². The van der Waals surface area contributed by atoms with Crippen molar-refractivity contribution in [3.05, 3.63) is 29.6 Å². The number of benzene rings is 1. The van der Waals surface area contributed by atoms with Gasteiger partial charge in [-0.25, -0.2) is 4.39 Å². The molecule has 1 aromatic carbocycles. The van der Waals surface area contributed by atoms with Crippen molar-refractivity contribution in [1.82, 2.24) is 10.6 Å². The third-order valence-electron chi connectivity index (χ3n) is 2.85. The third kappa shape index (κ3) is 3.69. The molecule has 1 atom stereocenters. The van der Waals surface area contributed by atoms with Gasteiger partial charge >= 0.3 is 0 Å². The molecule has 0 radical (unpaired) electrons. The number of carbonyl (C=O) groups is 2. The van der Waals surface area contributed by atoms with E-state index in [1.807, 2.05) is 0 Å². The number of rotatable bonds is 3. The maximum absolute atomic E-state index is 12.9. The summed E-state index contributed by atoms with van der Waals surface area (Å²) in [5.41, 5.74) is -0.588. The fourth-order valence-corrected chi connectivity index (χ4v) is 1.73. The van der Waals surface area contributed by atoms with Crippen molar-refractivity contribution in [2.24, 2.45) is 5.41 Å². The lowest BCUT2D eigenvalue weighted by Gasteiger charge is -2.29. The van der Waals surface area contributed by atoms with Gasteiger partial charge in [-0.05, 0) is 17.5 Å². The summed E-state index contributed by atoms with van der Waals surface area (Å²) in [5, 5.41) is 14.6. The predicted molar refractivity (Wildman–Crippen MR) is 72.8 cm³/mol. The third-order valence-corrected chi connectivity index (χ3v) is 2.85. The smallest absolute Gasteiger partial charge is 0.255 e. The molecule has 0 fully saturated rings. The van der Waals surface area contributed by atoms with Crippen LogP contribution in [-0.2, 0) is 4.79 Å². The number of hydrogen-bond acceptors (Lipinski definition) is 3. The maximum atomic E-state index is 12.9. The summed E-state index contributed by atoms with van der Waals surface area (Å²) >= 11 is 0. The molecule has 3 N–H and O–H groups in total. The molecule has 5 nitrogen and oxygen atoms in total. The van der Waals surface area contributed by atoms with E-state index in [1.54, 1.807) is 20.8 Å². The fourth-order valence-electron chi connectivity index (χ4n) is 1.73. The Labute approximate surface area is 117 Å². The Bertz CT molecular complexity index is 524. The van der Waals surface area contributed by atoms with Gasteiger partial charge in [-0.2, -0.15) is 0 Å². The Morgan fingerprint density at radius 1 is 1.30 bits per heavy atom. The molecular formula is C14H19FN2O3. The van der Waals surface area contributed by atoms with Crippen LogP contribution in [0, 0.1) is 11.2 Å². The normalized spacial score (nSPS) is 12.7. The first kappa shape index (κ1) is 15.9. The minimum atomic E-state index is -0.774. The SMILES string of the molecule is CNC(=O)[C@@H](NC(=O)c1ccc(F)cc1O)C(C)(C)C. The first-order valence-corrected chi connectivity index (χ1v) is 6.17. The van der Waals surface area contributed by atoms with Gasteiger partial charge in [-0.1, -0.05) is 20.8 Å². The molecular weight excluding hydrogens is 263 g/mol. The molecule has 1 aromatic rings. The number of amides is 2. The zero-order valence-electron chi connectivity index (χ0n) is 12.0. The molecule has 110 valence electrons. The quantitative estimate of drug-likeness (QED) is 0.784. The van der Waals surface area contributed by atoms with Crippen molar-refractivity contribution in [1.29, 1.82) is 0 Å². The Balaban J connectivity index is 3.00. The van der Waals surface area contributed by atoms with Crippen molar-refractivity contribution in [3.63, 3.8) is 0 Å². The highest BCUT2D eigenvalue weighted by molar-refractivity contribution is 5.99. The number of carbonyl (C=O) groups excluding carboxylic acids is 2. The van der Waals surface area contributed by atoms with Gasteiger partial charge in [0.15, 0.2) is 0 Å². The Morgan fingerprint density at radius 3 is 2.35 bits per heavy atom. The molecule has 6 heteroatoms. The van der Waals surface area contributed by atoms with Crippen LogP contribution in [0.1, 0.15) is 31.1 Å². The topological polar surface area (TPSA) is 78.4 Å². The van der Waals surface area contributed by atoms with Crippen LogP contribution >= 0.6 is 0 Å². The van der Waals surface area contributed by atoms with E-state index in [0.717, 1.165) is 12.1 Å². The summed E-state index contributed by atoms with van der Waals surface area (Å²) in [6.07, 6.45) is 0. The molecule has 0 aliphatic carbocycles. The largest absolute Gasteiger partial charge is 0.507 e. The fraction of sp³-hybridized carbons (Fsp3) is 0.429. The summed E-state index contributed by atoms with van der Waals surface area (Å²) in [4.78, 5) is 23.9. The Morgan fingerprint density at radius 2 is 1.90 bits per heavy atom. The monoisotopic (exact) mass is 282 g/mol. The Hall–Kier alpha value is -2.11. The average Bonchev–Trinajstić information content (AvgIpc) is 2.33. The number of halogens is 1. The predicted octanol–water partition coefficient (Wildman–Crippen LogP) is 1.42. The summed E-state index contributed by atoms with van der Waals surface area (Å²) in [6.45, 7) is 5.41. The average molecular weight is 282 g/mol. The second-order valence-electron chi connectivity index (χ2n) is 5.55. The molecule has 2 amide bonds. The second-order valence-corrected chi connectivity index (χ2v) is 5.55. The van der Waals surface area contributed by atoms with E-state index in [2.05, 4.69) is 10.6 Å². The minimum Gasteiger partial charge on any atom is -0.507 e. The highest BCUT2D eigenvalue weighted by Gasteiger charge is 2.32. The summed E-state index contributed by atoms with van der Waals surface area (Å²) in [7, 11) is 1.47. The van der Waals surface area contributed by atoms with Crippen LogP contribution in [0.2, 0.25) is 0 Å². The molecule has 0 spiro atoms. The molecule has 0 saturated carbocycles. The van der Waals surface area contributed by atoms with Crippen LogP contribution in [0.5, 0.6) is 5.75 Å². The van der Waals surface area contributed by atoms with E-state index in [1.165, 1.54) is 13.1 Å². The van der Waals surface area contributed by atoms with Gasteiger partial charge in [0.25, 0.3) is 5.91 Å². The van der Waals surface area contributed by atoms with Crippen LogP contribution in [-0.4, -0.2) is 30.0 Å². The minimum absolute atomic E-state index is 0.0791. The number of likely N-dealkylation sites (N-methyl/N-ethyl adjacent to an activating group) is 1. The van der Waals surface area contributed by atoms with Crippen molar-refractivity contribution in [3.8, 4) is 5.75 Å². The maximum Gasteiger partial charge on any atom is 0.255 e. The molecule has 1 rings (SSSR count). The second kappa shape index (κ2) is 5.90. The van der Waals surface area contributed by atoms with E-state index in [0.29, 0.717) is 0 Å². The molecule has 0 bridgehead atoms. The van der Waals surface area contributed by atoms with Crippen LogP contribution in [0.4, 0.5) is 4.39 Å². The molecule has 0 unspecified atom stereocenters. The number of aromatic hydroxyl groups is 1. The summed E-state index contributed by atoms with van der Waals surface area (Å²) in [5.74, 6) is -2.08. The molecule has 0 aliphatic heterocycles. The highest BCUT2D eigenvalue weighted by Crippen LogP contribution is 2.22. The van der Waals surface area contributed by atoms with Gasteiger partial charge < -0.3 is 15.7 Å². The molecule has 0 heterocycles. The van der Waals surface area contributed by atoms with E-state index < -0.39 is 28.9 Å². The molecule has 0 aromatic heterocycles. The number of phenolic OH excluding ortho intramolecular Hbond substituents is 1. The molecule has 0 saturated heterocycles. The van der Waals surface area contributed by atoms with E-state index >= 15 is 0 Å². The molecule has 0 aliphatic rings. The van der Waals surface area contributed by atoms with Crippen molar-refractivity contribution < 1.29 is 19.1 Å². The lowest BCUT2D eigenvalue weighted by atomic mass is 9.86. The highest BCUT2D eigenvalue weighted by atomic mass is 19.1. The van der Waals surface area contributed by atoms with E-state index in [-0.39, 0.29) is 11.5 Å².